The van der Waals surface area contributed by atoms with Crippen molar-refractivity contribution in [3.63, 3.8) is 0 Å². The highest BCUT2D eigenvalue weighted by molar-refractivity contribution is 9.10. The summed E-state index contributed by atoms with van der Waals surface area (Å²) in [5, 5.41) is 6.75. The number of benzene rings is 1. The number of nitrogens with zero attached hydrogens (tertiary/aromatic N) is 2. The summed E-state index contributed by atoms with van der Waals surface area (Å²) in [7, 11) is 0. The predicted molar refractivity (Wildman–Crippen MR) is 115 cm³/mol. The van der Waals surface area contributed by atoms with Gasteiger partial charge in [0.05, 0.1) is 11.8 Å². The van der Waals surface area contributed by atoms with Crippen molar-refractivity contribution in [1.29, 1.82) is 0 Å². The first-order chi connectivity index (χ1) is 13.1. The van der Waals surface area contributed by atoms with Crippen molar-refractivity contribution in [2.75, 3.05) is 25.0 Å². The van der Waals surface area contributed by atoms with Crippen molar-refractivity contribution in [2.24, 2.45) is 5.18 Å². The molecule has 5 nitrogen and oxygen atoms in total. The molecule has 1 aromatic rings. The number of ether oxygens (including phenoxy) is 1. The van der Waals surface area contributed by atoms with Crippen molar-refractivity contribution in [2.45, 2.75) is 77.0 Å². The lowest BCUT2D eigenvalue weighted by atomic mass is 9.90. The Morgan fingerprint density at radius 2 is 1.89 bits per heavy atom. The number of piperidine rings is 1. The van der Waals surface area contributed by atoms with E-state index in [0.717, 1.165) is 60.7 Å². The van der Waals surface area contributed by atoms with Crippen molar-refractivity contribution in [1.82, 2.24) is 4.90 Å². The summed E-state index contributed by atoms with van der Waals surface area (Å²) in [5.74, 6) is 0. The number of anilines is 1. The molecule has 1 heterocycles. The van der Waals surface area contributed by atoms with E-state index in [-0.39, 0.29) is 0 Å². The van der Waals surface area contributed by atoms with Crippen LogP contribution in [0, 0.1) is 11.8 Å². The van der Waals surface area contributed by atoms with Gasteiger partial charge in [-0.3, -0.25) is 0 Å². The molecular weight excluding hydrogens is 406 g/mol. The van der Waals surface area contributed by atoms with Gasteiger partial charge in [0.25, 0.3) is 0 Å². The van der Waals surface area contributed by atoms with Crippen LogP contribution in [-0.2, 0) is 4.74 Å². The topological polar surface area (TPSA) is 53.9 Å². The molecule has 0 atom stereocenters. The second-order valence-corrected chi connectivity index (χ2v) is 8.82. The van der Waals surface area contributed by atoms with Crippen LogP contribution in [-0.4, -0.2) is 42.8 Å². The zero-order valence-electron chi connectivity index (χ0n) is 16.5. The van der Waals surface area contributed by atoms with E-state index >= 15 is 0 Å². The van der Waals surface area contributed by atoms with Crippen molar-refractivity contribution < 1.29 is 4.74 Å². The number of hydrogen-bond acceptors (Lipinski definition) is 5. The molecule has 0 amide bonds. The second kappa shape index (κ2) is 9.99. The zero-order valence-corrected chi connectivity index (χ0v) is 18.1. The molecule has 0 spiro atoms. The second-order valence-electron chi connectivity index (χ2n) is 7.97. The third-order valence-electron chi connectivity index (χ3n) is 5.98. The Morgan fingerprint density at radius 1 is 1.19 bits per heavy atom. The highest BCUT2D eigenvalue weighted by atomic mass is 79.9. The standard InChI is InChI=1S/C21H32BrN3O2/c1-3-12-27-18-6-4-17(5-7-18)25-10-8-16(9-11-25)23-20-13-15(2)19(22)14-21(20)24-26/h13-14,16-18,23H,3-12H2,1-2H3. The molecule has 6 heteroatoms. The highest BCUT2D eigenvalue weighted by Gasteiger charge is 2.29. The molecule has 0 radical (unpaired) electrons. The van der Waals surface area contributed by atoms with Gasteiger partial charge < -0.3 is 15.0 Å². The van der Waals surface area contributed by atoms with Crippen molar-refractivity contribution >= 4 is 27.3 Å². The number of hydrogen-bond donors (Lipinski definition) is 1. The Morgan fingerprint density at radius 3 is 2.52 bits per heavy atom. The summed E-state index contributed by atoms with van der Waals surface area (Å²) in [6.07, 6.45) is 8.74. The molecule has 1 aliphatic heterocycles. The van der Waals surface area contributed by atoms with Gasteiger partial charge in [-0.25, -0.2) is 0 Å². The summed E-state index contributed by atoms with van der Waals surface area (Å²) < 4.78 is 6.85. The van der Waals surface area contributed by atoms with Crippen LogP contribution in [0.5, 0.6) is 0 Å². The summed E-state index contributed by atoms with van der Waals surface area (Å²) >= 11 is 3.47. The SMILES string of the molecule is CCCOC1CCC(N2CCC(Nc3cc(C)c(Br)cc3N=O)CC2)CC1. The summed E-state index contributed by atoms with van der Waals surface area (Å²) in [5.41, 5.74) is 2.46. The fourth-order valence-corrected chi connectivity index (χ4v) is 4.68. The number of halogens is 1. The molecule has 150 valence electrons. The van der Waals surface area contributed by atoms with Gasteiger partial charge in [-0.05, 0) is 74.7 Å². The lowest BCUT2D eigenvalue weighted by molar-refractivity contribution is 0.00428. The molecular formula is C21H32BrN3O2. The van der Waals surface area contributed by atoms with E-state index in [9.17, 15) is 4.91 Å². The molecule has 1 aromatic carbocycles. The number of aryl methyl sites for hydroxylation is 1. The zero-order chi connectivity index (χ0) is 19.2. The number of rotatable bonds is 7. The number of likely N-dealkylation sites (tertiary alicyclic amines) is 1. The quantitative estimate of drug-likeness (QED) is 0.549. The minimum Gasteiger partial charge on any atom is -0.380 e. The highest BCUT2D eigenvalue weighted by Crippen LogP contribution is 2.33. The normalized spacial score (nSPS) is 24.7. The van der Waals surface area contributed by atoms with E-state index in [1.807, 2.05) is 13.0 Å². The van der Waals surface area contributed by atoms with E-state index < -0.39 is 0 Å². The maximum atomic E-state index is 11.2. The smallest absolute Gasteiger partial charge is 0.132 e. The van der Waals surface area contributed by atoms with Gasteiger partial charge in [0.2, 0.25) is 0 Å². The van der Waals surface area contributed by atoms with Crippen molar-refractivity contribution in [3.05, 3.63) is 27.1 Å². The van der Waals surface area contributed by atoms with E-state index in [1.54, 1.807) is 6.07 Å². The minimum atomic E-state index is 0.409. The molecule has 1 saturated carbocycles. The van der Waals surface area contributed by atoms with Crippen LogP contribution in [0.4, 0.5) is 11.4 Å². The van der Waals surface area contributed by atoms with Crippen LogP contribution < -0.4 is 5.32 Å². The molecule has 1 N–H and O–H groups in total. The van der Waals surface area contributed by atoms with Crippen LogP contribution in [0.25, 0.3) is 0 Å². The number of nitrogens with one attached hydrogen (secondary N) is 1. The fourth-order valence-electron chi connectivity index (χ4n) is 4.35. The van der Waals surface area contributed by atoms with Crippen LogP contribution in [0.2, 0.25) is 0 Å². The van der Waals surface area contributed by atoms with Crippen LogP contribution in [0.3, 0.4) is 0 Å². The molecule has 0 aromatic heterocycles. The van der Waals surface area contributed by atoms with E-state index in [4.69, 9.17) is 4.74 Å². The first-order valence-corrected chi connectivity index (χ1v) is 11.2. The maximum Gasteiger partial charge on any atom is 0.132 e. The van der Waals surface area contributed by atoms with Gasteiger partial charge in [-0.1, -0.05) is 22.9 Å². The maximum absolute atomic E-state index is 11.2. The molecule has 0 unspecified atom stereocenters. The molecule has 3 rings (SSSR count). The van der Waals surface area contributed by atoms with Crippen molar-refractivity contribution in [3.8, 4) is 0 Å². The average Bonchev–Trinajstić information content (AvgIpc) is 2.70. The Hall–Kier alpha value is -0.980. The summed E-state index contributed by atoms with van der Waals surface area (Å²) in [4.78, 5) is 13.8. The molecule has 27 heavy (non-hydrogen) atoms. The largest absolute Gasteiger partial charge is 0.380 e. The van der Waals surface area contributed by atoms with Crippen LogP contribution >= 0.6 is 15.9 Å². The Balaban J connectivity index is 1.47. The van der Waals surface area contributed by atoms with Gasteiger partial charge in [0.1, 0.15) is 5.69 Å². The third kappa shape index (κ3) is 5.52. The lowest BCUT2D eigenvalue weighted by Crippen LogP contribution is -2.46. The van der Waals surface area contributed by atoms with E-state index in [2.05, 4.69) is 38.2 Å². The molecule has 2 aliphatic rings. The van der Waals surface area contributed by atoms with E-state index in [1.165, 1.54) is 25.7 Å². The third-order valence-corrected chi connectivity index (χ3v) is 6.84. The van der Waals surface area contributed by atoms with Gasteiger partial charge >= 0.3 is 0 Å². The monoisotopic (exact) mass is 437 g/mol. The molecule has 1 saturated heterocycles. The van der Waals surface area contributed by atoms with Gasteiger partial charge in [0.15, 0.2) is 0 Å². The molecule has 1 aliphatic carbocycles. The minimum absolute atomic E-state index is 0.409. The number of nitroso groups, excluding NO2 is 1. The Bertz CT molecular complexity index is 624. The summed E-state index contributed by atoms with van der Waals surface area (Å²) in [6, 6.07) is 4.95. The Labute approximate surface area is 171 Å². The van der Waals surface area contributed by atoms with Crippen LogP contribution in [0.15, 0.2) is 21.8 Å². The first-order valence-electron chi connectivity index (χ1n) is 10.4. The predicted octanol–water partition coefficient (Wildman–Crippen LogP) is 5.77. The summed E-state index contributed by atoms with van der Waals surface area (Å²) in [6.45, 7) is 7.37. The van der Waals surface area contributed by atoms with Crippen LogP contribution in [0.1, 0.15) is 57.4 Å². The van der Waals surface area contributed by atoms with E-state index in [0.29, 0.717) is 17.8 Å². The first kappa shape index (κ1) is 20.7. The Kier molecular flexibility index (Phi) is 7.67. The lowest BCUT2D eigenvalue weighted by Gasteiger charge is -2.41. The van der Waals surface area contributed by atoms with Gasteiger partial charge in [0, 0.05) is 36.3 Å². The van der Waals surface area contributed by atoms with Gasteiger partial charge in [-0.2, -0.15) is 0 Å². The molecule has 2 fully saturated rings. The van der Waals surface area contributed by atoms with Gasteiger partial charge in [-0.15, -0.1) is 4.91 Å². The molecule has 0 bridgehead atoms. The average molecular weight is 438 g/mol. The fraction of sp³-hybridized carbons (Fsp3) is 0.714.